The summed E-state index contributed by atoms with van der Waals surface area (Å²) in [6, 6.07) is 5.50. The Bertz CT molecular complexity index is 640. The van der Waals surface area contributed by atoms with Crippen molar-refractivity contribution in [1.29, 1.82) is 0 Å². The number of rotatable bonds is 5. The Hall–Kier alpha value is -1.59. The highest BCUT2D eigenvalue weighted by molar-refractivity contribution is 7.17. The molecule has 0 saturated carbocycles. The van der Waals surface area contributed by atoms with Gasteiger partial charge in [-0.2, -0.15) is 0 Å². The predicted octanol–water partition coefficient (Wildman–Crippen LogP) is 4.50. The molecule has 0 saturated heterocycles. The van der Waals surface area contributed by atoms with Gasteiger partial charge in [-0.25, -0.2) is 9.78 Å². The van der Waals surface area contributed by atoms with E-state index in [1.54, 1.807) is 6.07 Å². The molecule has 0 amide bonds. The quantitative estimate of drug-likeness (QED) is 0.853. The summed E-state index contributed by atoms with van der Waals surface area (Å²) in [4.78, 5) is 15.9. The normalized spacial score (nSPS) is 10.6. The Balaban J connectivity index is 2.29. The first kappa shape index (κ1) is 14.8. The molecule has 6 heteroatoms. The monoisotopic (exact) mass is 310 g/mol. The van der Waals surface area contributed by atoms with Crippen LogP contribution in [0.3, 0.4) is 0 Å². The number of carboxylic acids is 1. The van der Waals surface area contributed by atoms with Crippen molar-refractivity contribution in [2.24, 2.45) is 0 Å². The first-order valence-corrected chi connectivity index (χ1v) is 7.47. The van der Waals surface area contributed by atoms with Gasteiger partial charge in [-0.3, -0.25) is 0 Å². The van der Waals surface area contributed by atoms with Gasteiger partial charge in [0.15, 0.2) is 5.13 Å². The van der Waals surface area contributed by atoms with Crippen LogP contribution in [0.1, 0.15) is 34.3 Å². The van der Waals surface area contributed by atoms with Gasteiger partial charge >= 0.3 is 5.97 Å². The maximum absolute atomic E-state index is 11.2. The van der Waals surface area contributed by atoms with Gasteiger partial charge in [0.25, 0.3) is 0 Å². The molecule has 0 aliphatic rings. The third-order valence-electron chi connectivity index (χ3n) is 2.81. The number of halogens is 1. The third kappa shape index (κ3) is 3.29. The molecule has 0 bridgehead atoms. The number of aromatic carboxylic acids is 1. The number of anilines is 2. The molecule has 1 aromatic heterocycles. The standard InChI is InChI=1S/C14H15ClN2O2S/c1-3-4-11-12(13(18)19)20-14(17-11)16-10-6-5-9(15)7-8(10)2/h5-7H,3-4H2,1-2H3,(H,16,17)(H,18,19). The van der Waals surface area contributed by atoms with Crippen LogP contribution >= 0.6 is 22.9 Å². The molecule has 0 fully saturated rings. The summed E-state index contributed by atoms with van der Waals surface area (Å²) in [5.74, 6) is -0.924. The van der Waals surface area contributed by atoms with Crippen molar-refractivity contribution >= 4 is 39.7 Å². The average molecular weight is 311 g/mol. The van der Waals surface area contributed by atoms with E-state index in [0.29, 0.717) is 27.1 Å². The van der Waals surface area contributed by atoms with Crippen LogP contribution in [-0.4, -0.2) is 16.1 Å². The number of aromatic nitrogens is 1. The van der Waals surface area contributed by atoms with Crippen molar-refractivity contribution in [3.63, 3.8) is 0 Å². The van der Waals surface area contributed by atoms with Gasteiger partial charge in [-0.1, -0.05) is 36.3 Å². The first-order valence-electron chi connectivity index (χ1n) is 6.27. The lowest BCUT2D eigenvalue weighted by Crippen LogP contribution is -1.98. The average Bonchev–Trinajstić information content (AvgIpc) is 2.76. The van der Waals surface area contributed by atoms with Crippen LogP contribution in [0.2, 0.25) is 5.02 Å². The zero-order valence-electron chi connectivity index (χ0n) is 11.2. The molecule has 0 spiro atoms. The van der Waals surface area contributed by atoms with Gasteiger partial charge in [0.05, 0.1) is 5.69 Å². The minimum atomic E-state index is -0.924. The zero-order chi connectivity index (χ0) is 14.7. The van der Waals surface area contributed by atoms with Crippen molar-refractivity contribution in [2.75, 3.05) is 5.32 Å². The Morgan fingerprint density at radius 3 is 2.85 bits per heavy atom. The summed E-state index contributed by atoms with van der Waals surface area (Å²) in [5, 5.41) is 13.6. The minimum absolute atomic E-state index is 0.306. The summed E-state index contributed by atoms with van der Waals surface area (Å²) < 4.78 is 0. The van der Waals surface area contributed by atoms with Crippen molar-refractivity contribution in [2.45, 2.75) is 26.7 Å². The molecule has 1 aromatic carbocycles. The number of carboxylic acid groups (broad SMARTS) is 1. The number of hydrogen-bond acceptors (Lipinski definition) is 4. The molecule has 0 radical (unpaired) electrons. The number of hydrogen-bond donors (Lipinski definition) is 2. The second kappa shape index (κ2) is 6.24. The fourth-order valence-electron chi connectivity index (χ4n) is 1.86. The molecule has 106 valence electrons. The smallest absolute Gasteiger partial charge is 0.347 e. The van der Waals surface area contributed by atoms with E-state index in [4.69, 9.17) is 11.6 Å². The van der Waals surface area contributed by atoms with Gasteiger partial charge in [-0.05, 0) is 37.1 Å². The third-order valence-corrected chi connectivity index (χ3v) is 4.04. The van der Waals surface area contributed by atoms with Crippen LogP contribution in [0.5, 0.6) is 0 Å². The first-order chi connectivity index (χ1) is 9.51. The summed E-state index contributed by atoms with van der Waals surface area (Å²) in [7, 11) is 0. The van der Waals surface area contributed by atoms with Crippen LogP contribution in [-0.2, 0) is 6.42 Å². The maximum atomic E-state index is 11.2. The Morgan fingerprint density at radius 2 is 2.25 bits per heavy atom. The lowest BCUT2D eigenvalue weighted by molar-refractivity contribution is 0.0700. The second-order valence-corrected chi connectivity index (χ2v) is 5.87. The summed E-state index contributed by atoms with van der Waals surface area (Å²) in [6.07, 6.45) is 1.53. The van der Waals surface area contributed by atoms with E-state index in [0.717, 1.165) is 29.0 Å². The molecular weight excluding hydrogens is 296 g/mol. The van der Waals surface area contributed by atoms with Crippen molar-refractivity contribution in [3.05, 3.63) is 39.4 Å². The fourth-order valence-corrected chi connectivity index (χ4v) is 2.95. The second-order valence-electron chi connectivity index (χ2n) is 4.43. The Labute approximate surface area is 126 Å². The Kier molecular flexibility index (Phi) is 4.62. The molecule has 20 heavy (non-hydrogen) atoms. The number of aryl methyl sites for hydroxylation is 2. The van der Waals surface area contributed by atoms with Crippen LogP contribution in [0.25, 0.3) is 0 Å². The van der Waals surface area contributed by atoms with Crippen LogP contribution in [0.4, 0.5) is 10.8 Å². The molecule has 2 aromatic rings. The van der Waals surface area contributed by atoms with Crippen molar-refractivity contribution in [3.8, 4) is 0 Å². The van der Waals surface area contributed by atoms with Crippen molar-refractivity contribution in [1.82, 2.24) is 4.98 Å². The van der Waals surface area contributed by atoms with Crippen LogP contribution < -0.4 is 5.32 Å². The highest BCUT2D eigenvalue weighted by Crippen LogP contribution is 2.29. The van der Waals surface area contributed by atoms with Gasteiger partial charge in [-0.15, -0.1) is 0 Å². The van der Waals surface area contributed by atoms with Crippen LogP contribution in [0.15, 0.2) is 18.2 Å². The number of nitrogens with zero attached hydrogens (tertiary/aromatic N) is 1. The summed E-state index contributed by atoms with van der Waals surface area (Å²) in [6.45, 7) is 3.94. The lowest BCUT2D eigenvalue weighted by atomic mass is 10.2. The summed E-state index contributed by atoms with van der Waals surface area (Å²) in [5.41, 5.74) is 2.50. The number of nitrogens with one attached hydrogen (secondary N) is 1. The summed E-state index contributed by atoms with van der Waals surface area (Å²) >= 11 is 7.07. The molecule has 0 aliphatic carbocycles. The van der Waals surface area contributed by atoms with E-state index < -0.39 is 5.97 Å². The highest BCUT2D eigenvalue weighted by atomic mass is 35.5. The molecule has 0 unspecified atom stereocenters. The topological polar surface area (TPSA) is 62.2 Å². The molecule has 2 N–H and O–H groups in total. The number of carbonyl (C=O) groups is 1. The number of thiazole rings is 1. The van der Waals surface area contributed by atoms with E-state index in [2.05, 4.69) is 10.3 Å². The molecular formula is C14H15ClN2O2S. The van der Waals surface area contributed by atoms with Gasteiger partial charge in [0.2, 0.25) is 0 Å². The molecule has 1 heterocycles. The minimum Gasteiger partial charge on any atom is -0.477 e. The predicted molar refractivity (Wildman–Crippen MR) is 82.5 cm³/mol. The van der Waals surface area contributed by atoms with E-state index in [1.165, 1.54) is 0 Å². The van der Waals surface area contributed by atoms with E-state index in [-0.39, 0.29) is 0 Å². The SMILES string of the molecule is CCCc1nc(Nc2ccc(Cl)cc2C)sc1C(=O)O. The van der Waals surface area contributed by atoms with Crippen molar-refractivity contribution < 1.29 is 9.90 Å². The highest BCUT2D eigenvalue weighted by Gasteiger charge is 2.17. The molecule has 0 aliphatic heterocycles. The van der Waals surface area contributed by atoms with E-state index >= 15 is 0 Å². The van der Waals surface area contributed by atoms with E-state index in [1.807, 2.05) is 26.0 Å². The number of benzene rings is 1. The van der Waals surface area contributed by atoms with Crippen LogP contribution in [0, 0.1) is 6.92 Å². The lowest BCUT2D eigenvalue weighted by Gasteiger charge is -2.06. The molecule has 4 nitrogen and oxygen atoms in total. The molecule has 2 rings (SSSR count). The van der Waals surface area contributed by atoms with Gasteiger partial charge in [0.1, 0.15) is 4.88 Å². The van der Waals surface area contributed by atoms with Gasteiger partial charge in [0, 0.05) is 10.7 Å². The van der Waals surface area contributed by atoms with E-state index in [9.17, 15) is 9.90 Å². The Morgan fingerprint density at radius 1 is 1.50 bits per heavy atom. The van der Waals surface area contributed by atoms with Gasteiger partial charge < -0.3 is 10.4 Å². The molecule has 0 atom stereocenters. The maximum Gasteiger partial charge on any atom is 0.347 e. The zero-order valence-corrected chi connectivity index (χ0v) is 12.8. The largest absolute Gasteiger partial charge is 0.477 e. The fraction of sp³-hybridized carbons (Fsp3) is 0.286.